The Kier molecular flexibility index (Phi) is 10.5. The molecule has 0 saturated heterocycles. The van der Waals surface area contributed by atoms with Crippen molar-refractivity contribution in [3.05, 3.63) is 39.9 Å². The predicted molar refractivity (Wildman–Crippen MR) is 130 cm³/mol. The molecule has 0 bridgehead atoms. The van der Waals surface area contributed by atoms with Crippen molar-refractivity contribution in [2.75, 3.05) is 6.54 Å². The average Bonchev–Trinajstić information content (AvgIpc) is 2.64. The molecule has 9 heteroatoms. The van der Waals surface area contributed by atoms with Crippen LogP contribution in [0.4, 0.5) is 5.69 Å². The fraction of sp³-hybridized carbons (Fsp3) is 0.619. The van der Waals surface area contributed by atoms with Crippen LogP contribution >= 0.6 is 24.0 Å². The smallest absolute Gasteiger partial charge is 0.269 e. The van der Waals surface area contributed by atoms with Crippen LogP contribution in [-0.4, -0.2) is 34.9 Å². The van der Waals surface area contributed by atoms with Crippen molar-refractivity contribution < 1.29 is 9.72 Å². The molecule has 3 N–H and O–H groups in total. The highest BCUT2D eigenvalue weighted by Crippen LogP contribution is 2.23. The van der Waals surface area contributed by atoms with Gasteiger partial charge in [-0.3, -0.25) is 14.9 Å². The summed E-state index contributed by atoms with van der Waals surface area (Å²) >= 11 is 0. The molecule has 1 aromatic carbocycles. The lowest BCUT2D eigenvalue weighted by Crippen LogP contribution is -2.51. The first-order chi connectivity index (χ1) is 13.6. The standard InChI is InChI=1S/C21H33N5O3.HI/c1-15-7-5-6-8-18(15)24-20(23-14-19(27)25-21(2,3)4)22-13-16-9-11-17(12-10-16)26(28)29;/h9-12,15,18H,5-8,13-14H2,1-4H3,(H,25,27)(H2,22,23,24);1H. The Balaban J connectivity index is 0.00000450. The number of nitrogens with one attached hydrogen (secondary N) is 3. The average molecular weight is 531 g/mol. The first-order valence-corrected chi connectivity index (χ1v) is 10.2. The van der Waals surface area contributed by atoms with Crippen LogP contribution in [0.5, 0.6) is 0 Å². The van der Waals surface area contributed by atoms with Crippen LogP contribution < -0.4 is 16.0 Å². The van der Waals surface area contributed by atoms with Gasteiger partial charge in [0.25, 0.3) is 5.69 Å². The molecule has 0 aromatic heterocycles. The minimum Gasteiger partial charge on any atom is -0.353 e. The molecule has 1 aromatic rings. The zero-order valence-corrected chi connectivity index (χ0v) is 20.6. The minimum atomic E-state index is -0.417. The van der Waals surface area contributed by atoms with Crippen molar-refractivity contribution in [3.8, 4) is 0 Å². The van der Waals surface area contributed by atoms with Gasteiger partial charge in [-0.05, 0) is 45.1 Å². The number of hydrogen-bond donors (Lipinski definition) is 3. The lowest BCUT2D eigenvalue weighted by Gasteiger charge is -2.31. The fourth-order valence-corrected chi connectivity index (χ4v) is 3.38. The van der Waals surface area contributed by atoms with Crippen LogP contribution in [0.15, 0.2) is 29.3 Å². The quantitative estimate of drug-likeness (QED) is 0.170. The Morgan fingerprint density at radius 3 is 2.40 bits per heavy atom. The molecule has 1 amide bonds. The molecule has 2 rings (SSSR count). The molecule has 0 spiro atoms. The second-order valence-corrected chi connectivity index (χ2v) is 8.75. The second kappa shape index (κ2) is 12.1. The van der Waals surface area contributed by atoms with E-state index >= 15 is 0 Å². The molecule has 1 fully saturated rings. The van der Waals surface area contributed by atoms with E-state index in [9.17, 15) is 14.9 Å². The Hall–Kier alpha value is -1.91. The molecule has 8 nitrogen and oxygen atoms in total. The van der Waals surface area contributed by atoms with Crippen molar-refractivity contribution in [3.63, 3.8) is 0 Å². The molecule has 0 heterocycles. The van der Waals surface area contributed by atoms with Gasteiger partial charge in [0.15, 0.2) is 5.96 Å². The third-order valence-electron chi connectivity index (χ3n) is 4.93. The first-order valence-electron chi connectivity index (χ1n) is 10.2. The van der Waals surface area contributed by atoms with Gasteiger partial charge in [-0.15, -0.1) is 24.0 Å². The van der Waals surface area contributed by atoms with Gasteiger partial charge in [0.2, 0.25) is 5.91 Å². The molecule has 1 saturated carbocycles. The van der Waals surface area contributed by atoms with E-state index in [0.29, 0.717) is 24.5 Å². The molecular formula is C21H34IN5O3. The topological polar surface area (TPSA) is 109 Å². The van der Waals surface area contributed by atoms with Crippen LogP contribution in [0.25, 0.3) is 0 Å². The van der Waals surface area contributed by atoms with E-state index in [0.717, 1.165) is 12.0 Å². The van der Waals surface area contributed by atoms with Gasteiger partial charge in [-0.2, -0.15) is 0 Å². The summed E-state index contributed by atoms with van der Waals surface area (Å²) in [5.74, 6) is 1.03. The maximum atomic E-state index is 12.2. The van der Waals surface area contributed by atoms with Gasteiger partial charge in [0.05, 0.1) is 18.0 Å². The highest BCUT2D eigenvalue weighted by Gasteiger charge is 2.22. The minimum absolute atomic E-state index is 0. The summed E-state index contributed by atoms with van der Waals surface area (Å²) in [7, 11) is 0. The normalized spacial score (nSPS) is 19.4. The lowest BCUT2D eigenvalue weighted by atomic mass is 9.86. The number of nitrogens with zero attached hydrogens (tertiary/aromatic N) is 2. The second-order valence-electron chi connectivity index (χ2n) is 8.75. The van der Waals surface area contributed by atoms with Crippen molar-refractivity contribution in [1.82, 2.24) is 16.0 Å². The van der Waals surface area contributed by atoms with Crippen molar-refractivity contribution in [2.24, 2.45) is 10.9 Å². The van der Waals surface area contributed by atoms with E-state index in [-0.39, 0.29) is 47.7 Å². The van der Waals surface area contributed by atoms with E-state index in [2.05, 4.69) is 27.9 Å². The number of halogens is 1. The first kappa shape index (κ1) is 26.1. The zero-order valence-electron chi connectivity index (χ0n) is 18.2. The highest BCUT2D eigenvalue weighted by molar-refractivity contribution is 14.0. The molecule has 2 unspecified atom stereocenters. The van der Waals surface area contributed by atoms with E-state index in [1.807, 2.05) is 20.8 Å². The number of non-ortho nitro benzene ring substituents is 1. The Morgan fingerprint density at radius 2 is 1.83 bits per heavy atom. The maximum Gasteiger partial charge on any atom is 0.269 e. The Bertz CT molecular complexity index is 731. The zero-order chi connectivity index (χ0) is 21.4. The number of carbonyl (C=O) groups excluding carboxylic acids is 1. The molecule has 30 heavy (non-hydrogen) atoms. The van der Waals surface area contributed by atoms with Crippen molar-refractivity contribution in [1.29, 1.82) is 0 Å². The molecule has 1 aliphatic carbocycles. The summed E-state index contributed by atoms with van der Waals surface area (Å²) in [4.78, 5) is 27.2. The number of nitro groups is 1. The lowest BCUT2D eigenvalue weighted by molar-refractivity contribution is -0.384. The molecule has 1 aliphatic rings. The van der Waals surface area contributed by atoms with E-state index < -0.39 is 4.92 Å². The summed E-state index contributed by atoms with van der Waals surface area (Å²) in [6, 6.07) is 6.68. The van der Waals surface area contributed by atoms with E-state index in [1.54, 1.807) is 12.1 Å². The van der Waals surface area contributed by atoms with E-state index in [1.165, 1.54) is 31.4 Å². The van der Waals surface area contributed by atoms with Gasteiger partial charge in [-0.1, -0.05) is 31.9 Å². The molecular weight excluding hydrogens is 497 g/mol. The summed E-state index contributed by atoms with van der Waals surface area (Å²) in [6.45, 7) is 8.56. The number of carbonyl (C=O) groups is 1. The number of rotatable bonds is 6. The van der Waals surface area contributed by atoms with Crippen LogP contribution in [-0.2, 0) is 11.3 Å². The van der Waals surface area contributed by atoms with Crippen molar-refractivity contribution >= 4 is 41.5 Å². The Labute approximate surface area is 195 Å². The number of amides is 1. The molecule has 2 atom stereocenters. The predicted octanol–water partition coefficient (Wildman–Crippen LogP) is 3.74. The van der Waals surface area contributed by atoms with Crippen LogP contribution in [0.3, 0.4) is 0 Å². The number of nitro benzene ring substituents is 1. The maximum absolute atomic E-state index is 12.2. The number of benzene rings is 1. The molecule has 0 radical (unpaired) electrons. The highest BCUT2D eigenvalue weighted by atomic mass is 127. The van der Waals surface area contributed by atoms with Crippen LogP contribution in [0, 0.1) is 16.0 Å². The van der Waals surface area contributed by atoms with Gasteiger partial charge in [0, 0.05) is 23.7 Å². The summed E-state index contributed by atoms with van der Waals surface area (Å²) in [6.07, 6.45) is 4.68. The fourth-order valence-electron chi connectivity index (χ4n) is 3.38. The summed E-state index contributed by atoms with van der Waals surface area (Å²) in [5.41, 5.74) is 0.636. The molecule has 168 valence electrons. The molecule has 0 aliphatic heterocycles. The largest absolute Gasteiger partial charge is 0.353 e. The summed E-state index contributed by atoms with van der Waals surface area (Å²) < 4.78 is 0. The third-order valence-corrected chi connectivity index (χ3v) is 4.93. The van der Waals surface area contributed by atoms with Gasteiger partial charge < -0.3 is 16.0 Å². The monoisotopic (exact) mass is 531 g/mol. The SMILES string of the molecule is CC1CCCCC1NC(=NCc1ccc([N+](=O)[O-])cc1)NCC(=O)NC(C)(C)C.I. The van der Waals surface area contributed by atoms with Gasteiger partial charge in [0.1, 0.15) is 0 Å². The Morgan fingerprint density at radius 1 is 1.20 bits per heavy atom. The van der Waals surface area contributed by atoms with Gasteiger partial charge >= 0.3 is 0 Å². The summed E-state index contributed by atoms with van der Waals surface area (Å²) in [5, 5.41) is 20.3. The van der Waals surface area contributed by atoms with Crippen molar-refractivity contribution in [2.45, 2.75) is 71.5 Å². The number of guanidine groups is 1. The number of aliphatic imine (C=N–C) groups is 1. The third kappa shape index (κ3) is 9.27. The number of hydrogen-bond acceptors (Lipinski definition) is 4. The van der Waals surface area contributed by atoms with Gasteiger partial charge in [-0.25, -0.2) is 4.99 Å². The van der Waals surface area contributed by atoms with E-state index in [4.69, 9.17) is 0 Å². The van der Waals surface area contributed by atoms with Crippen LogP contribution in [0.2, 0.25) is 0 Å². The van der Waals surface area contributed by atoms with Crippen LogP contribution in [0.1, 0.15) is 58.9 Å².